The minimum absolute atomic E-state index is 0.00514. The normalized spacial score (nSPS) is 10.8. The Morgan fingerprint density at radius 3 is 2.62 bits per heavy atom. The molecule has 1 N–H and O–H groups in total. The van der Waals surface area contributed by atoms with Crippen molar-refractivity contribution in [3.63, 3.8) is 0 Å². The van der Waals surface area contributed by atoms with Crippen molar-refractivity contribution in [1.82, 2.24) is 9.55 Å². The second-order valence-electron chi connectivity index (χ2n) is 5.91. The molecule has 1 amide bonds. The van der Waals surface area contributed by atoms with E-state index in [0.29, 0.717) is 25.5 Å². The van der Waals surface area contributed by atoms with Crippen LogP contribution in [0.15, 0.2) is 54.6 Å². The predicted octanol–water partition coefficient (Wildman–Crippen LogP) is 3.58. The van der Waals surface area contributed by atoms with Gasteiger partial charge >= 0.3 is 6.09 Å². The van der Waals surface area contributed by atoms with Crippen LogP contribution in [-0.4, -0.2) is 33.9 Å². The maximum Gasteiger partial charge on any atom is 0.416 e. The molecule has 0 saturated carbocycles. The molecule has 0 saturated heterocycles. The van der Waals surface area contributed by atoms with Crippen LogP contribution in [0.4, 0.5) is 10.7 Å². The Morgan fingerprint density at radius 1 is 1.15 bits per heavy atom. The molecule has 2 aromatic carbocycles. The van der Waals surface area contributed by atoms with Crippen molar-refractivity contribution in [2.75, 3.05) is 18.1 Å². The zero-order valence-electron chi connectivity index (χ0n) is 14.8. The number of aliphatic hydroxyl groups is 1. The van der Waals surface area contributed by atoms with Gasteiger partial charge in [0.15, 0.2) is 0 Å². The number of aryl methyl sites for hydroxylation is 1. The fourth-order valence-electron chi connectivity index (χ4n) is 2.88. The summed E-state index contributed by atoms with van der Waals surface area (Å²) in [5.41, 5.74) is 2.72. The highest BCUT2D eigenvalue weighted by molar-refractivity contribution is 5.89. The lowest BCUT2D eigenvalue weighted by Crippen LogP contribution is -2.35. The summed E-state index contributed by atoms with van der Waals surface area (Å²) in [6, 6.07) is 17.3. The van der Waals surface area contributed by atoms with Crippen molar-refractivity contribution in [2.45, 2.75) is 26.5 Å². The van der Waals surface area contributed by atoms with Crippen LogP contribution in [0.1, 0.15) is 18.9 Å². The zero-order valence-corrected chi connectivity index (χ0v) is 14.8. The first-order valence-corrected chi connectivity index (χ1v) is 8.79. The first-order chi connectivity index (χ1) is 12.7. The molecule has 26 heavy (non-hydrogen) atoms. The third kappa shape index (κ3) is 3.86. The molecular weight excluding hydrogens is 330 g/mol. The molecule has 6 heteroatoms. The summed E-state index contributed by atoms with van der Waals surface area (Å²) in [5.74, 6) is 0.542. The van der Waals surface area contributed by atoms with Crippen molar-refractivity contribution in [2.24, 2.45) is 0 Å². The molecule has 3 aromatic rings. The van der Waals surface area contributed by atoms with Crippen LogP contribution >= 0.6 is 0 Å². The van der Waals surface area contributed by atoms with Crippen molar-refractivity contribution in [3.8, 4) is 0 Å². The second-order valence-corrected chi connectivity index (χ2v) is 5.91. The fourth-order valence-corrected chi connectivity index (χ4v) is 2.88. The van der Waals surface area contributed by atoms with Crippen molar-refractivity contribution in [3.05, 3.63) is 60.2 Å². The maximum atomic E-state index is 12.7. The van der Waals surface area contributed by atoms with Crippen LogP contribution in [0.25, 0.3) is 11.0 Å². The maximum absolute atomic E-state index is 12.7. The van der Waals surface area contributed by atoms with Crippen molar-refractivity contribution >= 4 is 23.1 Å². The van der Waals surface area contributed by atoms with Gasteiger partial charge in [-0.2, -0.15) is 0 Å². The number of para-hydroxylation sites is 2. The highest BCUT2D eigenvalue weighted by Gasteiger charge is 2.23. The Hall–Kier alpha value is -2.86. The lowest BCUT2D eigenvalue weighted by molar-refractivity contribution is 0.146. The Labute approximate surface area is 152 Å². The van der Waals surface area contributed by atoms with Gasteiger partial charge in [0.05, 0.1) is 11.0 Å². The Bertz CT molecular complexity index is 861. The Kier molecular flexibility index (Phi) is 5.86. The lowest BCUT2D eigenvalue weighted by atomic mass is 10.2. The van der Waals surface area contributed by atoms with E-state index >= 15 is 0 Å². The quantitative estimate of drug-likeness (QED) is 0.705. The molecule has 0 bridgehead atoms. The summed E-state index contributed by atoms with van der Waals surface area (Å²) in [6.45, 7) is 3.22. The van der Waals surface area contributed by atoms with Crippen molar-refractivity contribution in [1.29, 1.82) is 0 Å². The first kappa shape index (κ1) is 17.9. The third-order valence-electron chi connectivity index (χ3n) is 4.16. The summed E-state index contributed by atoms with van der Waals surface area (Å²) in [5, 5.41) is 9.21. The van der Waals surface area contributed by atoms with Gasteiger partial charge in [0.25, 0.3) is 0 Å². The number of aliphatic hydroxyl groups excluding tert-OH is 1. The van der Waals surface area contributed by atoms with E-state index in [-0.39, 0.29) is 13.2 Å². The number of anilines is 1. The van der Waals surface area contributed by atoms with Gasteiger partial charge in [-0.1, -0.05) is 42.5 Å². The minimum atomic E-state index is -0.465. The fraction of sp³-hybridized carbons (Fsp3) is 0.300. The summed E-state index contributed by atoms with van der Waals surface area (Å²) >= 11 is 0. The zero-order chi connectivity index (χ0) is 18.4. The lowest BCUT2D eigenvalue weighted by Gasteiger charge is -2.22. The number of nitrogens with zero attached hydrogens (tertiary/aromatic N) is 3. The molecule has 0 aliphatic rings. The third-order valence-corrected chi connectivity index (χ3v) is 4.16. The Morgan fingerprint density at radius 2 is 1.88 bits per heavy atom. The number of rotatable bonds is 7. The van der Waals surface area contributed by atoms with Crippen LogP contribution < -0.4 is 4.90 Å². The molecule has 1 aromatic heterocycles. The van der Waals surface area contributed by atoms with E-state index in [9.17, 15) is 9.90 Å². The predicted molar refractivity (Wildman–Crippen MR) is 101 cm³/mol. The van der Waals surface area contributed by atoms with Gasteiger partial charge < -0.3 is 14.4 Å². The molecule has 0 aliphatic carbocycles. The molecule has 0 fully saturated rings. The van der Waals surface area contributed by atoms with Crippen molar-refractivity contribution < 1.29 is 14.6 Å². The number of fused-ring (bicyclic) bond motifs is 1. The first-order valence-electron chi connectivity index (χ1n) is 8.79. The van der Waals surface area contributed by atoms with E-state index in [2.05, 4.69) is 4.98 Å². The molecule has 0 unspecified atom stereocenters. The van der Waals surface area contributed by atoms with E-state index < -0.39 is 6.09 Å². The molecule has 3 rings (SSSR count). The van der Waals surface area contributed by atoms with E-state index in [0.717, 1.165) is 16.6 Å². The van der Waals surface area contributed by atoms with Crippen LogP contribution in [-0.2, 0) is 17.9 Å². The molecule has 136 valence electrons. The van der Waals surface area contributed by atoms with Crippen LogP contribution in [0.3, 0.4) is 0 Å². The van der Waals surface area contributed by atoms with E-state index in [4.69, 9.17) is 4.74 Å². The van der Waals surface area contributed by atoms with Crippen LogP contribution in [0.2, 0.25) is 0 Å². The summed E-state index contributed by atoms with van der Waals surface area (Å²) in [4.78, 5) is 18.9. The van der Waals surface area contributed by atoms with Gasteiger partial charge in [-0.3, -0.25) is 0 Å². The summed E-state index contributed by atoms with van der Waals surface area (Å²) < 4.78 is 7.47. The number of carbonyl (C=O) groups is 1. The number of amides is 1. The van der Waals surface area contributed by atoms with Gasteiger partial charge in [0, 0.05) is 19.7 Å². The van der Waals surface area contributed by atoms with Gasteiger partial charge in [-0.05, 0) is 31.0 Å². The largest absolute Gasteiger partial charge is 0.444 e. The summed E-state index contributed by atoms with van der Waals surface area (Å²) in [6.07, 6.45) is -0.0137. The molecule has 6 nitrogen and oxygen atoms in total. The topological polar surface area (TPSA) is 67.6 Å². The molecule has 0 aliphatic heterocycles. The van der Waals surface area contributed by atoms with E-state index in [1.807, 2.05) is 66.1 Å². The second kappa shape index (κ2) is 8.49. The number of hydrogen-bond acceptors (Lipinski definition) is 4. The molecule has 0 radical (unpaired) electrons. The number of imidazole rings is 1. The van der Waals surface area contributed by atoms with Gasteiger partial charge in [0.1, 0.15) is 6.61 Å². The average Bonchev–Trinajstić information content (AvgIpc) is 3.05. The average molecular weight is 353 g/mol. The van der Waals surface area contributed by atoms with Crippen LogP contribution in [0.5, 0.6) is 0 Å². The molecule has 0 spiro atoms. The number of carbonyl (C=O) groups excluding carboxylic acids is 1. The van der Waals surface area contributed by atoms with E-state index in [1.54, 1.807) is 0 Å². The Balaban J connectivity index is 1.86. The SMILES string of the molecule is CCn1c(N(CCCO)C(=O)OCc2ccccc2)nc2ccccc21. The molecule has 1 heterocycles. The van der Waals surface area contributed by atoms with Gasteiger partial charge in [0.2, 0.25) is 5.95 Å². The minimum Gasteiger partial charge on any atom is -0.444 e. The molecular formula is C20H23N3O3. The number of aromatic nitrogens is 2. The standard InChI is InChI=1S/C20H23N3O3/c1-2-22-18-12-7-6-11-17(18)21-19(22)23(13-8-14-24)20(25)26-15-16-9-4-3-5-10-16/h3-7,9-12,24H,2,8,13-15H2,1H3. The van der Waals surface area contributed by atoms with E-state index in [1.165, 1.54) is 4.90 Å². The smallest absolute Gasteiger partial charge is 0.416 e. The number of benzene rings is 2. The monoisotopic (exact) mass is 353 g/mol. The number of ether oxygens (including phenoxy) is 1. The van der Waals surface area contributed by atoms with Gasteiger partial charge in [-0.15, -0.1) is 0 Å². The summed E-state index contributed by atoms with van der Waals surface area (Å²) in [7, 11) is 0. The highest BCUT2D eigenvalue weighted by atomic mass is 16.6. The molecule has 0 atom stereocenters. The van der Waals surface area contributed by atoms with Crippen LogP contribution in [0, 0.1) is 0 Å². The highest BCUT2D eigenvalue weighted by Crippen LogP contribution is 2.23. The van der Waals surface area contributed by atoms with Gasteiger partial charge in [-0.25, -0.2) is 14.7 Å². The number of hydrogen-bond donors (Lipinski definition) is 1.